The van der Waals surface area contributed by atoms with Gasteiger partial charge in [0.05, 0.1) is 0 Å². The third kappa shape index (κ3) is 5.35. The van der Waals surface area contributed by atoms with Crippen LogP contribution >= 0.6 is 0 Å². The first-order chi connectivity index (χ1) is 12.1. The smallest absolute Gasteiger partial charge is 0.261 e. The van der Waals surface area contributed by atoms with Crippen LogP contribution in [0.3, 0.4) is 0 Å². The molecule has 134 valence electrons. The third-order valence-corrected chi connectivity index (χ3v) is 4.44. The number of carbonyl (C=O) groups is 1. The highest BCUT2D eigenvalue weighted by Gasteiger charge is 2.18. The molecule has 0 aliphatic carbocycles. The molecule has 0 spiro atoms. The van der Waals surface area contributed by atoms with Gasteiger partial charge in [0.2, 0.25) is 0 Å². The Morgan fingerprint density at radius 3 is 2.48 bits per heavy atom. The summed E-state index contributed by atoms with van der Waals surface area (Å²) in [5.41, 5.74) is 4.90. The fraction of sp³-hybridized carbons (Fsp3) is 0.409. The van der Waals surface area contributed by atoms with E-state index in [0.717, 1.165) is 24.2 Å². The van der Waals surface area contributed by atoms with Crippen LogP contribution in [-0.2, 0) is 24.2 Å². The number of carbonyl (C=O) groups excluding carboxylic acids is 1. The average molecular weight is 339 g/mol. The lowest BCUT2D eigenvalue weighted by Gasteiger charge is -2.18. The fourth-order valence-corrected chi connectivity index (χ4v) is 2.88. The summed E-state index contributed by atoms with van der Waals surface area (Å²) in [4.78, 5) is 12.6. The highest BCUT2D eigenvalue weighted by Crippen LogP contribution is 2.16. The van der Waals surface area contributed by atoms with Gasteiger partial charge in [-0.2, -0.15) is 0 Å². The highest BCUT2D eigenvalue weighted by atomic mass is 16.5. The summed E-state index contributed by atoms with van der Waals surface area (Å²) in [6.07, 6.45) is 2.13. The molecule has 0 heterocycles. The molecule has 0 saturated heterocycles. The first kappa shape index (κ1) is 19.0. The standard InChI is InChI=1S/C22H29NO2/c1-5-17-11-12-18(6-2)19(14-17)15-23-22(24)21(7-3)25-20-10-8-9-16(4)13-20/h8-14,21H,5-7,15H2,1-4H3,(H,23,24)/t21-/m1/s1. The van der Waals surface area contributed by atoms with Crippen molar-refractivity contribution in [3.63, 3.8) is 0 Å². The molecule has 0 saturated carbocycles. The Hall–Kier alpha value is -2.29. The average Bonchev–Trinajstić information content (AvgIpc) is 2.63. The Balaban J connectivity index is 2.02. The minimum absolute atomic E-state index is 0.0621. The van der Waals surface area contributed by atoms with Crippen molar-refractivity contribution in [1.29, 1.82) is 0 Å². The molecule has 0 aliphatic heterocycles. The summed E-state index contributed by atoms with van der Waals surface area (Å²) in [5, 5.41) is 3.05. The summed E-state index contributed by atoms with van der Waals surface area (Å²) < 4.78 is 5.88. The van der Waals surface area contributed by atoms with Gasteiger partial charge in [-0.05, 0) is 60.6 Å². The molecule has 2 aromatic rings. The Morgan fingerprint density at radius 2 is 1.84 bits per heavy atom. The number of rotatable bonds is 8. The number of nitrogens with one attached hydrogen (secondary N) is 1. The number of hydrogen-bond donors (Lipinski definition) is 1. The summed E-state index contributed by atoms with van der Waals surface area (Å²) in [5.74, 6) is 0.678. The van der Waals surface area contributed by atoms with Crippen molar-refractivity contribution in [3.8, 4) is 5.75 Å². The molecule has 1 N–H and O–H groups in total. The molecule has 25 heavy (non-hydrogen) atoms. The molecular formula is C22H29NO2. The molecule has 2 rings (SSSR count). The van der Waals surface area contributed by atoms with Gasteiger partial charge in [-0.1, -0.05) is 51.1 Å². The van der Waals surface area contributed by atoms with Crippen molar-refractivity contribution in [1.82, 2.24) is 5.32 Å². The van der Waals surface area contributed by atoms with Gasteiger partial charge in [0, 0.05) is 6.54 Å². The summed E-state index contributed by atoms with van der Waals surface area (Å²) in [6, 6.07) is 14.3. The van der Waals surface area contributed by atoms with Crippen molar-refractivity contribution in [2.24, 2.45) is 0 Å². The van der Waals surface area contributed by atoms with Crippen LogP contribution in [0.1, 0.15) is 49.4 Å². The summed E-state index contributed by atoms with van der Waals surface area (Å²) >= 11 is 0. The van der Waals surface area contributed by atoms with E-state index in [1.165, 1.54) is 16.7 Å². The lowest BCUT2D eigenvalue weighted by atomic mass is 10.0. The Bertz CT molecular complexity index is 709. The number of hydrogen-bond acceptors (Lipinski definition) is 2. The molecule has 3 heteroatoms. The Morgan fingerprint density at radius 1 is 1.04 bits per heavy atom. The van der Waals surface area contributed by atoms with Crippen LogP contribution in [0.4, 0.5) is 0 Å². The van der Waals surface area contributed by atoms with Gasteiger partial charge in [0.1, 0.15) is 5.75 Å². The zero-order valence-electron chi connectivity index (χ0n) is 15.8. The largest absolute Gasteiger partial charge is 0.481 e. The van der Waals surface area contributed by atoms with Gasteiger partial charge in [0.15, 0.2) is 6.10 Å². The maximum Gasteiger partial charge on any atom is 0.261 e. The first-order valence-electron chi connectivity index (χ1n) is 9.19. The second kappa shape index (κ2) is 9.26. The van der Waals surface area contributed by atoms with E-state index in [1.54, 1.807) is 0 Å². The zero-order chi connectivity index (χ0) is 18.2. The second-order valence-electron chi connectivity index (χ2n) is 6.36. The quantitative estimate of drug-likeness (QED) is 0.763. The van der Waals surface area contributed by atoms with Crippen molar-refractivity contribution in [2.45, 2.75) is 59.6 Å². The van der Waals surface area contributed by atoms with Crippen molar-refractivity contribution in [3.05, 3.63) is 64.7 Å². The van der Waals surface area contributed by atoms with Crippen LogP contribution in [-0.4, -0.2) is 12.0 Å². The summed E-state index contributed by atoms with van der Waals surface area (Å²) in [6.45, 7) is 8.81. The maximum absolute atomic E-state index is 12.6. The van der Waals surface area contributed by atoms with E-state index in [0.29, 0.717) is 13.0 Å². The number of aryl methyl sites for hydroxylation is 3. The molecule has 0 unspecified atom stereocenters. The highest BCUT2D eigenvalue weighted by molar-refractivity contribution is 5.81. The van der Waals surface area contributed by atoms with Crippen LogP contribution in [0, 0.1) is 6.92 Å². The van der Waals surface area contributed by atoms with Gasteiger partial charge >= 0.3 is 0 Å². The van der Waals surface area contributed by atoms with Crippen molar-refractivity contribution < 1.29 is 9.53 Å². The van der Waals surface area contributed by atoms with E-state index in [9.17, 15) is 4.79 Å². The van der Waals surface area contributed by atoms with E-state index in [-0.39, 0.29) is 5.91 Å². The van der Waals surface area contributed by atoms with Crippen LogP contribution < -0.4 is 10.1 Å². The van der Waals surface area contributed by atoms with Crippen molar-refractivity contribution >= 4 is 5.91 Å². The number of benzene rings is 2. The van der Waals surface area contributed by atoms with Crippen LogP contribution in [0.25, 0.3) is 0 Å². The number of ether oxygens (including phenoxy) is 1. The van der Waals surface area contributed by atoms with E-state index < -0.39 is 6.10 Å². The molecular weight excluding hydrogens is 310 g/mol. The minimum atomic E-state index is -0.471. The van der Waals surface area contributed by atoms with E-state index in [1.807, 2.05) is 38.1 Å². The molecule has 1 atom stereocenters. The molecule has 1 amide bonds. The van der Waals surface area contributed by atoms with Gasteiger partial charge in [-0.25, -0.2) is 0 Å². The van der Waals surface area contributed by atoms with E-state index in [4.69, 9.17) is 4.74 Å². The molecule has 0 aromatic heterocycles. The van der Waals surface area contributed by atoms with Gasteiger partial charge in [-0.3, -0.25) is 4.79 Å². The predicted octanol–water partition coefficient (Wildman–Crippen LogP) is 4.59. The monoisotopic (exact) mass is 339 g/mol. The SMILES string of the molecule is CCc1ccc(CC)c(CNC(=O)[C@@H](CC)Oc2cccc(C)c2)c1. The second-order valence-corrected chi connectivity index (χ2v) is 6.36. The van der Waals surface area contributed by atoms with Gasteiger partial charge in [-0.15, -0.1) is 0 Å². The fourth-order valence-electron chi connectivity index (χ4n) is 2.88. The Labute approximate surface area is 151 Å². The zero-order valence-corrected chi connectivity index (χ0v) is 15.8. The molecule has 0 radical (unpaired) electrons. The molecule has 2 aromatic carbocycles. The Kier molecular flexibility index (Phi) is 7.05. The van der Waals surface area contributed by atoms with Crippen LogP contribution in [0.15, 0.2) is 42.5 Å². The number of amides is 1. The van der Waals surface area contributed by atoms with Crippen LogP contribution in [0.2, 0.25) is 0 Å². The maximum atomic E-state index is 12.6. The van der Waals surface area contributed by atoms with Crippen LogP contribution in [0.5, 0.6) is 5.75 Å². The normalized spacial score (nSPS) is 11.8. The lowest BCUT2D eigenvalue weighted by Crippen LogP contribution is -2.37. The molecule has 0 aliphatic rings. The van der Waals surface area contributed by atoms with Gasteiger partial charge in [0.25, 0.3) is 5.91 Å². The van der Waals surface area contributed by atoms with E-state index in [2.05, 4.69) is 37.4 Å². The molecule has 0 fully saturated rings. The molecule has 3 nitrogen and oxygen atoms in total. The molecule has 0 bridgehead atoms. The lowest BCUT2D eigenvalue weighted by molar-refractivity contribution is -0.128. The first-order valence-corrected chi connectivity index (χ1v) is 9.19. The minimum Gasteiger partial charge on any atom is -0.481 e. The van der Waals surface area contributed by atoms with Gasteiger partial charge < -0.3 is 10.1 Å². The topological polar surface area (TPSA) is 38.3 Å². The predicted molar refractivity (Wildman–Crippen MR) is 103 cm³/mol. The van der Waals surface area contributed by atoms with Crippen molar-refractivity contribution in [2.75, 3.05) is 0 Å². The third-order valence-electron chi connectivity index (χ3n) is 4.44. The summed E-state index contributed by atoms with van der Waals surface area (Å²) in [7, 11) is 0. The van der Waals surface area contributed by atoms with E-state index >= 15 is 0 Å².